The summed E-state index contributed by atoms with van der Waals surface area (Å²) in [7, 11) is 0. The van der Waals surface area contributed by atoms with E-state index in [1.54, 1.807) is 17.6 Å². The molecule has 0 saturated carbocycles. The zero-order chi connectivity index (χ0) is 13.9. The maximum atomic E-state index is 11.8. The fourth-order valence-corrected chi connectivity index (χ4v) is 2.01. The van der Waals surface area contributed by atoms with E-state index in [0.717, 1.165) is 11.1 Å². The molecule has 0 fully saturated rings. The van der Waals surface area contributed by atoms with Gasteiger partial charge in [0.15, 0.2) is 5.65 Å². The van der Waals surface area contributed by atoms with Gasteiger partial charge in [-0.25, -0.2) is 14.3 Å². The number of ether oxygens (including phenoxy) is 1. The van der Waals surface area contributed by atoms with Gasteiger partial charge in [-0.15, -0.1) is 0 Å². The Morgan fingerprint density at radius 1 is 1.20 bits per heavy atom. The molecular formula is C15H13N3O2. The highest BCUT2D eigenvalue weighted by molar-refractivity contribution is 5.95. The zero-order valence-electron chi connectivity index (χ0n) is 11.0. The number of rotatable bonds is 3. The predicted octanol–water partition coefficient (Wildman–Crippen LogP) is 2.57. The fourth-order valence-electron chi connectivity index (χ4n) is 2.01. The number of carbonyl (C=O) groups excluding carboxylic acids is 1. The average molecular weight is 267 g/mol. The van der Waals surface area contributed by atoms with Crippen molar-refractivity contribution < 1.29 is 9.53 Å². The Kier molecular flexibility index (Phi) is 3.16. The average Bonchev–Trinajstić information content (AvgIpc) is 2.91. The van der Waals surface area contributed by atoms with Crippen LogP contribution in [0, 0.1) is 0 Å². The van der Waals surface area contributed by atoms with E-state index in [2.05, 4.69) is 10.1 Å². The van der Waals surface area contributed by atoms with Crippen LogP contribution in [-0.4, -0.2) is 27.2 Å². The van der Waals surface area contributed by atoms with Gasteiger partial charge in [-0.3, -0.25) is 0 Å². The van der Waals surface area contributed by atoms with Crippen molar-refractivity contribution >= 4 is 11.6 Å². The largest absolute Gasteiger partial charge is 0.462 e. The maximum absolute atomic E-state index is 11.8. The lowest BCUT2D eigenvalue weighted by molar-refractivity contribution is 0.0528. The van der Waals surface area contributed by atoms with Crippen LogP contribution in [0.1, 0.15) is 17.3 Å². The van der Waals surface area contributed by atoms with Crippen LogP contribution < -0.4 is 0 Å². The third-order valence-corrected chi connectivity index (χ3v) is 2.96. The van der Waals surface area contributed by atoms with Crippen LogP contribution in [0.2, 0.25) is 0 Å². The smallest absolute Gasteiger partial charge is 0.343 e. The Balaban J connectivity index is 2.04. The molecule has 5 nitrogen and oxygen atoms in total. The lowest BCUT2D eigenvalue weighted by atomic mass is 10.1. The Hall–Kier alpha value is -2.69. The van der Waals surface area contributed by atoms with Crippen molar-refractivity contribution in [2.24, 2.45) is 0 Å². The molecule has 3 aromatic rings. The van der Waals surface area contributed by atoms with Gasteiger partial charge >= 0.3 is 5.97 Å². The molecule has 100 valence electrons. The molecule has 5 heteroatoms. The summed E-state index contributed by atoms with van der Waals surface area (Å²) in [6, 6.07) is 9.89. The third kappa shape index (κ3) is 2.14. The molecule has 0 radical (unpaired) electrons. The Morgan fingerprint density at radius 3 is 2.75 bits per heavy atom. The molecule has 0 bridgehead atoms. The molecule has 2 heterocycles. The first-order valence-corrected chi connectivity index (χ1v) is 6.35. The first-order valence-electron chi connectivity index (χ1n) is 6.35. The molecule has 0 N–H and O–H groups in total. The molecule has 0 unspecified atom stereocenters. The maximum Gasteiger partial charge on any atom is 0.343 e. The monoisotopic (exact) mass is 267 g/mol. The summed E-state index contributed by atoms with van der Waals surface area (Å²) in [6.07, 6.45) is 5.06. The van der Waals surface area contributed by atoms with Crippen LogP contribution >= 0.6 is 0 Å². The first kappa shape index (κ1) is 12.3. The Bertz CT molecular complexity index is 750. The normalized spacial score (nSPS) is 10.7. The van der Waals surface area contributed by atoms with E-state index < -0.39 is 5.97 Å². The minimum Gasteiger partial charge on any atom is -0.462 e. The van der Waals surface area contributed by atoms with E-state index in [4.69, 9.17) is 4.74 Å². The Morgan fingerprint density at radius 2 is 2.00 bits per heavy atom. The van der Waals surface area contributed by atoms with Gasteiger partial charge < -0.3 is 4.74 Å². The topological polar surface area (TPSA) is 56.5 Å². The van der Waals surface area contributed by atoms with Crippen LogP contribution in [-0.2, 0) is 4.74 Å². The number of nitrogens with zero attached hydrogens (tertiary/aromatic N) is 3. The number of benzene rings is 1. The van der Waals surface area contributed by atoms with Crippen LogP contribution in [0.4, 0.5) is 0 Å². The standard InChI is InChI=1S/C15H13N3O2/c1-2-20-15(19)13-9-17-18-10-12(8-16-14(13)18)11-6-4-3-5-7-11/h3-10H,2H2,1H3. The van der Waals surface area contributed by atoms with E-state index >= 15 is 0 Å². The minimum atomic E-state index is -0.400. The minimum absolute atomic E-state index is 0.332. The molecule has 1 aromatic carbocycles. The van der Waals surface area contributed by atoms with Gasteiger partial charge in [0.05, 0.1) is 12.8 Å². The third-order valence-electron chi connectivity index (χ3n) is 2.96. The van der Waals surface area contributed by atoms with E-state index in [9.17, 15) is 4.79 Å². The van der Waals surface area contributed by atoms with E-state index in [-0.39, 0.29) is 0 Å². The van der Waals surface area contributed by atoms with Gasteiger partial charge in [-0.2, -0.15) is 5.10 Å². The van der Waals surface area contributed by atoms with Crippen molar-refractivity contribution in [1.29, 1.82) is 0 Å². The highest BCUT2D eigenvalue weighted by Gasteiger charge is 2.15. The van der Waals surface area contributed by atoms with Crippen LogP contribution in [0.3, 0.4) is 0 Å². The summed E-state index contributed by atoms with van der Waals surface area (Å²) >= 11 is 0. The number of esters is 1. The highest BCUT2D eigenvalue weighted by atomic mass is 16.5. The molecule has 0 saturated heterocycles. The predicted molar refractivity (Wildman–Crippen MR) is 74.4 cm³/mol. The Labute approximate surface area is 115 Å². The van der Waals surface area contributed by atoms with Crippen molar-refractivity contribution in [3.63, 3.8) is 0 Å². The second kappa shape index (κ2) is 5.13. The van der Waals surface area contributed by atoms with E-state index in [0.29, 0.717) is 17.8 Å². The fraction of sp³-hybridized carbons (Fsp3) is 0.133. The van der Waals surface area contributed by atoms with Crippen molar-refractivity contribution in [1.82, 2.24) is 14.6 Å². The SMILES string of the molecule is CCOC(=O)c1cnn2cc(-c3ccccc3)cnc12. The van der Waals surface area contributed by atoms with Gasteiger partial charge in [0, 0.05) is 18.0 Å². The molecule has 2 aromatic heterocycles. The van der Waals surface area contributed by atoms with Gasteiger partial charge in [0.1, 0.15) is 5.56 Å². The summed E-state index contributed by atoms with van der Waals surface area (Å²) in [4.78, 5) is 16.1. The van der Waals surface area contributed by atoms with Gasteiger partial charge in [0.2, 0.25) is 0 Å². The second-order valence-corrected chi connectivity index (χ2v) is 4.26. The van der Waals surface area contributed by atoms with Crippen LogP contribution in [0.15, 0.2) is 48.9 Å². The molecule has 0 atom stereocenters. The van der Waals surface area contributed by atoms with Crippen molar-refractivity contribution in [3.05, 3.63) is 54.5 Å². The molecular weight excluding hydrogens is 254 g/mol. The van der Waals surface area contributed by atoms with Crippen LogP contribution in [0.5, 0.6) is 0 Å². The molecule has 0 aliphatic carbocycles. The lowest BCUT2D eigenvalue weighted by Crippen LogP contribution is -2.04. The van der Waals surface area contributed by atoms with Crippen LogP contribution in [0.25, 0.3) is 16.8 Å². The van der Waals surface area contributed by atoms with E-state index in [1.165, 1.54) is 6.20 Å². The molecule has 3 rings (SSSR count). The number of aromatic nitrogens is 3. The quantitative estimate of drug-likeness (QED) is 0.684. The van der Waals surface area contributed by atoms with Gasteiger partial charge in [0.25, 0.3) is 0 Å². The molecule has 0 amide bonds. The number of hydrogen-bond acceptors (Lipinski definition) is 4. The second-order valence-electron chi connectivity index (χ2n) is 4.26. The van der Waals surface area contributed by atoms with Crippen molar-refractivity contribution in [2.45, 2.75) is 6.92 Å². The van der Waals surface area contributed by atoms with E-state index in [1.807, 2.05) is 36.5 Å². The molecule has 0 aliphatic heterocycles. The summed E-state index contributed by atoms with van der Waals surface area (Å²) in [5.74, 6) is -0.400. The molecule has 20 heavy (non-hydrogen) atoms. The molecule has 0 spiro atoms. The summed E-state index contributed by atoms with van der Waals surface area (Å²) in [5.41, 5.74) is 2.88. The highest BCUT2D eigenvalue weighted by Crippen LogP contribution is 2.19. The zero-order valence-corrected chi connectivity index (χ0v) is 11.0. The number of fused-ring (bicyclic) bond motifs is 1. The van der Waals surface area contributed by atoms with Gasteiger partial charge in [-0.05, 0) is 12.5 Å². The lowest BCUT2D eigenvalue weighted by Gasteiger charge is -2.02. The summed E-state index contributed by atoms with van der Waals surface area (Å²) in [6.45, 7) is 2.10. The summed E-state index contributed by atoms with van der Waals surface area (Å²) in [5, 5.41) is 4.16. The number of carbonyl (C=O) groups is 1. The first-order chi connectivity index (χ1) is 9.79. The van der Waals surface area contributed by atoms with Crippen molar-refractivity contribution in [3.8, 4) is 11.1 Å². The molecule has 0 aliphatic rings. The summed E-state index contributed by atoms with van der Waals surface area (Å²) < 4.78 is 6.57. The van der Waals surface area contributed by atoms with Gasteiger partial charge in [-0.1, -0.05) is 30.3 Å². The number of hydrogen-bond donors (Lipinski definition) is 0. The van der Waals surface area contributed by atoms with Crippen molar-refractivity contribution in [2.75, 3.05) is 6.61 Å².